The number of thioether (sulfide) groups is 1. The van der Waals surface area contributed by atoms with Crippen LogP contribution < -0.4 is 0 Å². The van der Waals surface area contributed by atoms with Gasteiger partial charge in [0.05, 0.1) is 22.9 Å². The summed E-state index contributed by atoms with van der Waals surface area (Å²) in [5.74, 6) is 0.707. The Bertz CT molecular complexity index is 137. The topological polar surface area (TPSA) is 32.7 Å². The second kappa shape index (κ2) is 2.67. The van der Waals surface area contributed by atoms with E-state index in [2.05, 4.69) is 5.10 Å². The second-order valence-electron chi connectivity index (χ2n) is 1.14. The van der Waals surface area contributed by atoms with Crippen molar-refractivity contribution >= 4 is 46.1 Å². The van der Waals surface area contributed by atoms with Crippen LogP contribution in [0.25, 0.3) is 0 Å². The molecule has 3 nitrogen and oxygen atoms in total. The molecule has 0 fully saturated rings. The predicted octanol–water partition coefficient (Wildman–Crippen LogP) is 1.49. The summed E-state index contributed by atoms with van der Waals surface area (Å²) in [5, 5.41) is 3.74. The fourth-order valence-corrected chi connectivity index (χ4v) is 1.35. The van der Waals surface area contributed by atoms with Crippen LogP contribution in [-0.2, 0) is 0 Å². The SMILES string of the molecule is O=C1SCC=NN1I. The van der Waals surface area contributed by atoms with Gasteiger partial charge < -0.3 is 0 Å². The minimum Gasteiger partial charge on any atom is -0.259 e. The number of amides is 1. The maximum Gasteiger partial charge on any atom is 0.311 e. The van der Waals surface area contributed by atoms with E-state index < -0.39 is 0 Å². The van der Waals surface area contributed by atoms with Crippen molar-refractivity contribution in [3.63, 3.8) is 0 Å². The molecule has 1 heterocycles. The fraction of sp³-hybridized carbons (Fsp3) is 0.333. The van der Waals surface area contributed by atoms with Gasteiger partial charge in [-0.25, -0.2) is 0 Å². The van der Waals surface area contributed by atoms with Crippen LogP contribution in [0.4, 0.5) is 4.79 Å². The third-order valence-corrected chi connectivity index (χ3v) is 2.37. The minimum absolute atomic E-state index is 0.00750. The van der Waals surface area contributed by atoms with Crippen LogP contribution in [0.5, 0.6) is 0 Å². The van der Waals surface area contributed by atoms with Crippen molar-refractivity contribution in [2.24, 2.45) is 5.10 Å². The molecule has 0 bridgehead atoms. The third-order valence-electron chi connectivity index (χ3n) is 0.615. The first-order valence-corrected chi connectivity index (χ1v) is 3.91. The van der Waals surface area contributed by atoms with Gasteiger partial charge in [0.2, 0.25) is 0 Å². The molecule has 1 aliphatic rings. The number of rotatable bonds is 0. The predicted molar refractivity (Wildman–Crippen MR) is 42.2 cm³/mol. The first-order chi connectivity index (χ1) is 3.80. The minimum atomic E-state index is 0.00750. The number of nitrogens with zero attached hydrogens (tertiary/aromatic N) is 2. The van der Waals surface area contributed by atoms with Crippen molar-refractivity contribution in [2.45, 2.75) is 0 Å². The first-order valence-electron chi connectivity index (χ1n) is 1.96. The Morgan fingerprint density at radius 2 is 2.75 bits per heavy atom. The molecule has 0 aromatic carbocycles. The van der Waals surface area contributed by atoms with Gasteiger partial charge in [0.1, 0.15) is 0 Å². The number of carbonyl (C=O) groups is 1. The number of hydrogen-bond acceptors (Lipinski definition) is 3. The number of hydrogen-bond donors (Lipinski definition) is 0. The van der Waals surface area contributed by atoms with Crippen LogP contribution in [0.3, 0.4) is 0 Å². The quantitative estimate of drug-likeness (QED) is 0.476. The van der Waals surface area contributed by atoms with Crippen LogP contribution in [0.1, 0.15) is 0 Å². The summed E-state index contributed by atoms with van der Waals surface area (Å²) in [5.41, 5.74) is 0. The summed E-state index contributed by atoms with van der Waals surface area (Å²) < 4.78 is 1.30. The van der Waals surface area contributed by atoms with Crippen molar-refractivity contribution < 1.29 is 4.79 Å². The fourth-order valence-electron chi connectivity index (χ4n) is 0.314. The van der Waals surface area contributed by atoms with Gasteiger partial charge in [0, 0.05) is 12.0 Å². The van der Waals surface area contributed by atoms with E-state index in [-0.39, 0.29) is 5.24 Å². The van der Waals surface area contributed by atoms with Crippen LogP contribution in [-0.4, -0.2) is 20.4 Å². The molecule has 0 atom stereocenters. The van der Waals surface area contributed by atoms with E-state index in [0.29, 0.717) is 5.75 Å². The van der Waals surface area contributed by atoms with Crippen LogP contribution in [0, 0.1) is 0 Å². The monoisotopic (exact) mass is 242 g/mol. The van der Waals surface area contributed by atoms with Gasteiger partial charge in [0.15, 0.2) is 0 Å². The first kappa shape index (κ1) is 6.34. The summed E-state index contributed by atoms with van der Waals surface area (Å²) in [7, 11) is 0. The Hall–Kier alpha value is 0.220. The molecule has 0 aromatic heterocycles. The molecule has 0 unspecified atom stereocenters. The van der Waals surface area contributed by atoms with Gasteiger partial charge >= 0.3 is 5.24 Å². The molecule has 8 heavy (non-hydrogen) atoms. The molecule has 0 radical (unpaired) electrons. The molecular formula is C3H3IN2OS. The van der Waals surface area contributed by atoms with E-state index in [0.717, 1.165) is 0 Å². The summed E-state index contributed by atoms with van der Waals surface area (Å²) >= 11 is 3.10. The van der Waals surface area contributed by atoms with Gasteiger partial charge in [-0.2, -0.15) is 8.32 Å². The van der Waals surface area contributed by atoms with E-state index in [9.17, 15) is 4.79 Å². The highest BCUT2D eigenvalue weighted by Crippen LogP contribution is 2.15. The lowest BCUT2D eigenvalue weighted by Crippen LogP contribution is -2.14. The average molecular weight is 242 g/mol. The molecule has 1 rings (SSSR count). The van der Waals surface area contributed by atoms with Crippen molar-refractivity contribution in [1.82, 2.24) is 3.22 Å². The van der Waals surface area contributed by atoms with E-state index in [1.807, 2.05) is 22.9 Å². The number of carbonyl (C=O) groups excluding carboxylic acids is 1. The van der Waals surface area contributed by atoms with Crippen molar-refractivity contribution in [3.8, 4) is 0 Å². The highest BCUT2D eigenvalue weighted by molar-refractivity contribution is 14.1. The van der Waals surface area contributed by atoms with Gasteiger partial charge in [-0.15, -0.1) is 0 Å². The zero-order chi connectivity index (χ0) is 5.98. The highest BCUT2D eigenvalue weighted by Gasteiger charge is 2.11. The van der Waals surface area contributed by atoms with Crippen molar-refractivity contribution in [2.75, 3.05) is 5.75 Å². The molecule has 0 saturated carbocycles. The Morgan fingerprint density at radius 3 is 3.12 bits per heavy atom. The van der Waals surface area contributed by atoms with Crippen LogP contribution in [0.15, 0.2) is 5.10 Å². The lowest BCUT2D eigenvalue weighted by molar-refractivity contribution is 0.252. The molecule has 44 valence electrons. The highest BCUT2D eigenvalue weighted by atomic mass is 127. The van der Waals surface area contributed by atoms with Gasteiger partial charge in [-0.05, 0) is 0 Å². The molecule has 5 heteroatoms. The second-order valence-corrected chi connectivity index (χ2v) is 3.02. The largest absolute Gasteiger partial charge is 0.311 e. The van der Waals surface area contributed by atoms with Gasteiger partial charge in [-0.1, -0.05) is 11.8 Å². The Morgan fingerprint density at radius 1 is 2.00 bits per heavy atom. The maximum absolute atomic E-state index is 10.6. The molecule has 1 amide bonds. The molecule has 0 aliphatic carbocycles. The lowest BCUT2D eigenvalue weighted by Gasteiger charge is -2.09. The molecule has 1 aliphatic heterocycles. The normalized spacial score (nSPS) is 19.6. The molecular weight excluding hydrogens is 239 g/mol. The van der Waals surface area contributed by atoms with E-state index >= 15 is 0 Å². The average Bonchev–Trinajstić information content (AvgIpc) is 1.77. The van der Waals surface area contributed by atoms with Gasteiger partial charge in [-0.3, -0.25) is 4.79 Å². The molecule has 0 aromatic rings. The summed E-state index contributed by atoms with van der Waals surface area (Å²) in [6, 6.07) is 0. The van der Waals surface area contributed by atoms with Crippen LogP contribution in [0.2, 0.25) is 0 Å². The lowest BCUT2D eigenvalue weighted by atomic mass is 10.9. The van der Waals surface area contributed by atoms with E-state index in [1.54, 1.807) is 6.21 Å². The standard InChI is InChI=1S/C3H3IN2OS/c4-6-3(7)8-2-1-5-6/h1H,2H2. The zero-order valence-corrected chi connectivity index (χ0v) is 6.85. The van der Waals surface area contributed by atoms with Crippen molar-refractivity contribution in [1.29, 1.82) is 0 Å². The molecule has 0 spiro atoms. The Kier molecular flexibility index (Phi) is 2.12. The Labute approximate surface area is 65.0 Å². The van der Waals surface area contributed by atoms with E-state index in [1.165, 1.54) is 15.0 Å². The molecule has 0 N–H and O–H groups in total. The van der Waals surface area contributed by atoms with E-state index in [4.69, 9.17) is 0 Å². The molecule has 0 saturated heterocycles. The smallest absolute Gasteiger partial charge is 0.259 e. The zero-order valence-electron chi connectivity index (χ0n) is 3.87. The number of halogens is 1. The third kappa shape index (κ3) is 1.35. The summed E-state index contributed by atoms with van der Waals surface area (Å²) in [6.45, 7) is 0. The summed E-state index contributed by atoms with van der Waals surface area (Å²) in [4.78, 5) is 10.6. The van der Waals surface area contributed by atoms with Crippen LogP contribution >= 0.6 is 34.6 Å². The maximum atomic E-state index is 10.6. The number of hydrazone groups is 1. The van der Waals surface area contributed by atoms with Gasteiger partial charge in [0.25, 0.3) is 0 Å². The Balaban J connectivity index is 2.60. The van der Waals surface area contributed by atoms with Crippen molar-refractivity contribution in [3.05, 3.63) is 0 Å². The summed E-state index contributed by atoms with van der Waals surface area (Å²) in [6.07, 6.45) is 1.71.